The molecule has 1 unspecified atom stereocenters. The molecule has 3 rings (SSSR count). The number of aryl methyl sites for hydroxylation is 1. The largest absolute Gasteiger partial charge is 0.318 e. The Hall–Kier alpha value is -1.74. The molecule has 92 valence electrons. The highest BCUT2D eigenvalue weighted by atomic mass is 19.1. The highest BCUT2D eigenvalue weighted by Gasteiger charge is 2.38. The molecule has 2 N–H and O–H groups in total. The smallest absolute Gasteiger partial charge is 0.128 e. The van der Waals surface area contributed by atoms with E-state index in [0.717, 1.165) is 11.1 Å². The third kappa shape index (κ3) is 1.55. The maximum Gasteiger partial charge on any atom is 0.128 e. The standard InChI is InChI=1S/C15H13F2N/c16-11-5-6-12-10(9-11)7-8-15(12,18)13-3-1-2-4-14(13)17/h1-6,9H,7-8,18H2. The molecule has 0 amide bonds. The molecule has 1 aliphatic carbocycles. The normalized spacial score (nSPS) is 21.9. The van der Waals surface area contributed by atoms with Crippen molar-refractivity contribution in [3.63, 3.8) is 0 Å². The van der Waals surface area contributed by atoms with Gasteiger partial charge < -0.3 is 5.73 Å². The van der Waals surface area contributed by atoms with Gasteiger partial charge in [-0.3, -0.25) is 0 Å². The predicted molar refractivity (Wildman–Crippen MR) is 66.1 cm³/mol. The summed E-state index contributed by atoms with van der Waals surface area (Å²) < 4.78 is 27.1. The first-order valence-corrected chi connectivity index (χ1v) is 5.94. The lowest BCUT2D eigenvalue weighted by atomic mass is 9.85. The fraction of sp³-hybridized carbons (Fsp3) is 0.200. The van der Waals surface area contributed by atoms with Crippen molar-refractivity contribution in [3.8, 4) is 0 Å². The van der Waals surface area contributed by atoms with Crippen LogP contribution in [-0.2, 0) is 12.0 Å². The van der Waals surface area contributed by atoms with Gasteiger partial charge in [-0.2, -0.15) is 0 Å². The molecule has 0 spiro atoms. The summed E-state index contributed by atoms with van der Waals surface area (Å²) in [6, 6.07) is 11.1. The lowest BCUT2D eigenvalue weighted by Crippen LogP contribution is -2.36. The highest BCUT2D eigenvalue weighted by Crippen LogP contribution is 2.40. The molecular formula is C15H13F2N. The van der Waals surface area contributed by atoms with E-state index in [1.54, 1.807) is 24.3 Å². The van der Waals surface area contributed by atoms with Crippen LogP contribution in [0.3, 0.4) is 0 Å². The zero-order chi connectivity index (χ0) is 12.8. The Morgan fingerprint density at radius 2 is 1.78 bits per heavy atom. The minimum Gasteiger partial charge on any atom is -0.318 e. The molecule has 1 aliphatic rings. The Balaban J connectivity index is 2.18. The summed E-state index contributed by atoms with van der Waals surface area (Å²) in [5.74, 6) is -0.580. The summed E-state index contributed by atoms with van der Waals surface area (Å²) in [5, 5.41) is 0. The first-order chi connectivity index (χ1) is 8.61. The number of benzene rings is 2. The van der Waals surface area contributed by atoms with Crippen molar-refractivity contribution in [2.24, 2.45) is 5.73 Å². The second kappa shape index (κ2) is 3.89. The molecule has 2 aromatic carbocycles. The van der Waals surface area contributed by atoms with Gasteiger partial charge in [0.05, 0.1) is 5.54 Å². The van der Waals surface area contributed by atoms with Crippen LogP contribution in [0.2, 0.25) is 0 Å². The molecule has 1 nitrogen and oxygen atoms in total. The van der Waals surface area contributed by atoms with Gasteiger partial charge in [0.25, 0.3) is 0 Å². The minimum atomic E-state index is -0.839. The average Bonchev–Trinajstić information content (AvgIpc) is 2.68. The van der Waals surface area contributed by atoms with Crippen molar-refractivity contribution in [3.05, 3.63) is 70.8 Å². The molecule has 0 aliphatic heterocycles. The van der Waals surface area contributed by atoms with Gasteiger partial charge in [0, 0.05) is 5.56 Å². The molecule has 0 bridgehead atoms. The van der Waals surface area contributed by atoms with Crippen LogP contribution in [0.15, 0.2) is 42.5 Å². The molecule has 0 fully saturated rings. The number of hydrogen-bond acceptors (Lipinski definition) is 1. The summed E-state index contributed by atoms with van der Waals surface area (Å²) in [6.07, 6.45) is 1.28. The Bertz CT molecular complexity index is 609. The maximum absolute atomic E-state index is 13.9. The van der Waals surface area contributed by atoms with Crippen LogP contribution in [0.4, 0.5) is 8.78 Å². The van der Waals surface area contributed by atoms with Crippen LogP contribution in [0.1, 0.15) is 23.1 Å². The molecule has 18 heavy (non-hydrogen) atoms. The Morgan fingerprint density at radius 3 is 2.56 bits per heavy atom. The zero-order valence-corrected chi connectivity index (χ0v) is 9.79. The predicted octanol–water partition coefficient (Wildman–Crippen LogP) is 3.11. The molecule has 0 saturated carbocycles. The summed E-state index contributed by atoms with van der Waals surface area (Å²) in [4.78, 5) is 0. The van der Waals surface area contributed by atoms with Gasteiger partial charge in [-0.25, -0.2) is 8.78 Å². The van der Waals surface area contributed by atoms with Crippen LogP contribution in [0, 0.1) is 11.6 Å². The van der Waals surface area contributed by atoms with Crippen molar-refractivity contribution in [2.45, 2.75) is 18.4 Å². The van der Waals surface area contributed by atoms with E-state index in [2.05, 4.69) is 0 Å². The van der Waals surface area contributed by atoms with E-state index in [4.69, 9.17) is 5.73 Å². The molecule has 0 aromatic heterocycles. The average molecular weight is 245 g/mol. The Morgan fingerprint density at radius 1 is 1.00 bits per heavy atom. The van der Waals surface area contributed by atoms with Crippen molar-refractivity contribution < 1.29 is 8.78 Å². The van der Waals surface area contributed by atoms with Gasteiger partial charge in [0.2, 0.25) is 0 Å². The number of hydrogen-bond donors (Lipinski definition) is 1. The van der Waals surface area contributed by atoms with Crippen LogP contribution in [0.5, 0.6) is 0 Å². The zero-order valence-electron chi connectivity index (χ0n) is 9.79. The molecule has 1 atom stereocenters. The van der Waals surface area contributed by atoms with E-state index in [1.807, 2.05) is 0 Å². The Labute approximate surface area is 104 Å². The van der Waals surface area contributed by atoms with E-state index in [1.165, 1.54) is 18.2 Å². The minimum absolute atomic E-state index is 0.272. The van der Waals surface area contributed by atoms with E-state index >= 15 is 0 Å². The number of nitrogens with two attached hydrogens (primary N) is 1. The van der Waals surface area contributed by atoms with Crippen molar-refractivity contribution in [2.75, 3.05) is 0 Å². The van der Waals surface area contributed by atoms with Gasteiger partial charge in [-0.15, -0.1) is 0 Å². The van der Waals surface area contributed by atoms with E-state index < -0.39 is 5.54 Å². The summed E-state index contributed by atoms with van der Waals surface area (Å²) in [5.41, 5.74) is 7.73. The first-order valence-electron chi connectivity index (χ1n) is 5.94. The molecule has 0 heterocycles. The highest BCUT2D eigenvalue weighted by molar-refractivity contribution is 5.47. The van der Waals surface area contributed by atoms with Crippen molar-refractivity contribution >= 4 is 0 Å². The van der Waals surface area contributed by atoms with Crippen LogP contribution < -0.4 is 5.73 Å². The van der Waals surface area contributed by atoms with Gasteiger partial charge in [-0.1, -0.05) is 24.3 Å². The second-order valence-corrected chi connectivity index (χ2v) is 4.75. The van der Waals surface area contributed by atoms with E-state index in [-0.39, 0.29) is 11.6 Å². The maximum atomic E-state index is 13.9. The number of halogens is 2. The molecular weight excluding hydrogens is 232 g/mol. The van der Waals surface area contributed by atoms with E-state index in [0.29, 0.717) is 18.4 Å². The van der Waals surface area contributed by atoms with Crippen LogP contribution in [-0.4, -0.2) is 0 Å². The summed E-state index contributed by atoms with van der Waals surface area (Å²) in [7, 11) is 0. The topological polar surface area (TPSA) is 26.0 Å². The third-order valence-electron chi connectivity index (χ3n) is 3.69. The van der Waals surface area contributed by atoms with Crippen molar-refractivity contribution in [1.82, 2.24) is 0 Å². The fourth-order valence-electron chi connectivity index (χ4n) is 2.77. The summed E-state index contributed by atoms with van der Waals surface area (Å²) >= 11 is 0. The summed E-state index contributed by atoms with van der Waals surface area (Å²) in [6.45, 7) is 0. The van der Waals surface area contributed by atoms with Crippen molar-refractivity contribution in [1.29, 1.82) is 0 Å². The lowest BCUT2D eigenvalue weighted by Gasteiger charge is -2.26. The molecule has 0 saturated heterocycles. The Kier molecular flexibility index (Phi) is 2.45. The quantitative estimate of drug-likeness (QED) is 0.820. The second-order valence-electron chi connectivity index (χ2n) is 4.75. The van der Waals surface area contributed by atoms with Gasteiger partial charge >= 0.3 is 0 Å². The monoisotopic (exact) mass is 245 g/mol. The molecule has 0 radical (unpaired) electrons. The van der Waals surface area contributed by atoms with Gasteiger partial charge in [0.1, 0.15) is 11.6 Å². The molecule has 2 aromatic rings. The molecule has 3 heteroatoms. The fourth-order valence-corrected chi connectivity index (χ4v) is 2.77. The van der Waals surface area contributed by atoms with Gasteiger partial charge in [-0.05, 0) is 42.2 Å². The van der Waals surface area contributed by atoms with E-state index in [9.17, 15) is 8.78 Å². The number of fused-ring (bicyclic) bond motifs is 1. The lowest BCUT2D eigenvalue weighted by molar-refractivity contribution is 0.491. The van der Waals surface area contributed by atoms with Crippen LogP contribution >= 0.6 is 0 Å². The SMILES string of the molecule is NC1(c2ccccc2F)CCc2cc(F)ccc21. The number of rotatable bonds is 1. The third-order valence-corrected chi connectivity index (χ3v) is 3.69. The van der Waals surface area contributed by atoms with Crippen LogP contribution in [0.25, 0.3) is 0 Å². The van der Waals surface area contributed by atoms with Gasteiger partial charge in [0.15, 0.2) is 0 Å². The first kappa shape index (κ1) is 11.4.